The molecule has 0 spiro atoms. The highest BCUT2D eigenvalue weighted by Gasteiger charge is 2.37. The number of rotatable bonds is 5. The van der Waals surface area contributed by atoms with Crippen molar-refractivity contribution in [2.45, 2.75) is 38.0 Å². The molecule has 4 rings (SSSR count). The minimum absolute atomic E-state index is 0.0378. The molecule has 2 aromatic rings. The fraction of sp³-hybridized carbons (Fsp3) is 0.375. The van der Waals surface area contributed by atoms with E-state index in [1.807, 2.05) is 59.5 Å². The lowest BCUT2D eigenvalue weighted by atomic mass is 9.90. The van der Waals surface area contributed by atoms with Crippen LogP contribution >= 0.6 is 0 Å². The van der Waals surface area contributed by atoms with Crippen molar-refractivity contribution in [1.82, 2.24) is 4.90 Å². The summed E-state index contributed by atoms with van der Waals surface area (Å²) in [4.78, 5) is 39.2. The number of para-hydroxylation sites is 1. The van der Waals surface area contributed by atoms with Gasteiger partial charge in [-0.25, -0.2) is 0 Å². The summed E-state index contributed by atoms with van der Waals surface area (Å²) < 4.78 is 0. The molecule has 1 atom stereocenters. The smallest absolute Gasteiger partial charge is 0.230 e. The quantitative estimate of drug-likeness (QED) is 0.839. The molecule has 29 heavy (non-hydrogen) atoms. The van der Waals surface area contributed by atoms with Crippen LogP contribution in [0.3, 0.4) is 0 Å². The number of nitrogens with zero attached hydrogens (tertiary/aromatic N) is 1. The van der Waals surface area contributed by atoms with Crippen LogP contribution in [0.1, 0.15) is 53.9 Å². The first-order chi connectivity index (χ1) is 14.1. The fourth-order valence-electron chi connectivity index (χ4n) is 4.42. The molecule has 1 aliphatic heterocycles. The molecule has 1 saturated heterocycles. The molecule has 2 aliphatic rings. The van der Waals surface area contributed by atoms with Gasteiger partial charge in [0.05, 0.1) is 5.92 Å². The number of likely N-dealkylation sites (tertiary alicyclic amines) is 1. The van der Waals surface area contributed by atoms with Gasteiger partial charge in [0.25, 0.3) is 0 Å². The molecule has 5 heteroatoms. The molecule has 0 aromatic heterocycles. The summed E-state index contributed by atoms with van der Waals surface area (Å²) in [6.45, 7) is 1.41. The second-order valence-corrected chi connectivity index (χ2v) is 7.99. The monoisotopic (exact) mass is 390 g/mol. The van der Waals surface area contributed by atoms with Crippen molar-refractivity contribution in [2.75, 3.05) is 18.4 Å². The van der Waals surface area contributed by atoms with Crippen molar-refractivity contribution in [2.24, 2.45) is 5.92 Å². The Hall–Kier alpha value is -2.95. The van der Waals surface area contributed by atoms with Gasteiger partial charge in [-0.2, -0.15) is 0 Å². The van der Waals surface area contributed by atoms with Gasteiger partial charge in [-0.15, -0.1) is 0 Å². The summed E-state index contributed by atoms with van der Waals surface area (Å²) >= 11 is 0. The molecule has 1 N–H and O–H groups in total. The van der Waals surface area contributed by atoms with Gasteiger partial charge in [0.15, 0.2) is 5.78 Å². The van der Waals surface area contributed by atoms with Crippen LogP contribution in [0.25, 0.3) is 0 Å². The number of nitrogens with one attached hydrogen (secondary N) is 1. The van der Waals surface area contributed by atoms with E-state index in [9.17, 15) is 14.4 Å². The highest BCUT2D eigenvalue weighted by Crippen LogP contribution is 2.35. The lowest BCUT2D eigenvalue weighted by Crippen LogP contribution is -2.41. The lowest BCUT2D eigenvalue weighted by molar-refractivity contribution is -0.134. The molecular weight excluding hydrogens is 364 g/mol. The molecule has 5 nitrogen and oxygen atoms in total. The normalized spacial score (nSPS) is 19.1. The zero-order valence-electron chi connectivity index (χ0n) is 16.5. The van der Waals surface area contributed by atoms with E-state index >= 15 is 0 Å². The SMILES string of the molecule is O=C(CCC1CCN(C(=O)C2CC(=O)c3ccccc32)CC1)Nc1ccccc1. The molecule has 0 radical (unpaired) electrons. The van der Waals surface area contributed by atoms with Crippen LogP contribution in [-0.2, 0) is 9.59 Å². The highest BCUT2D eigenvalue weighted by molar-refractivity contribution is 6.06. The summed E-state index contributed by atoms with van der Waals surface area (Å²) in [6.07, 6.45) is 3.45. The number of carbonyl (C=O) groups is 3. The Kier molecular flexibility index (Phi) is 5.74. The summed E-state index contributed by atoms with van der Waals surface area (Å²) in [5.41, 5.74) is 2.40. The highest BCUT2D eigenvalue weighted by atomic mass is 16.2. The first-order valence-corrected chi connectivity index (χ1v) is 10.4. The van der Waals surface area contributed by atoms with Crippen molar-refractivity contribution in [3.63, 3.8) is 0 Å². The van der Waals surface area contributed by atoms with E-state index in [4.69, 9.17) is 0 Å². The van der Waals surface area contributed by atoms with Gasteiger partial charge < -0.3 is 10.2 Å². The molecule has 1 heterocycles. The Labute approximate surface area is 171 Å². The van der Waals surface area contributed by atoms with Gasteiger partial charge in [0.2, 0.25) is 11.8 Å². The zero-order chi connectivity index (χ0) is 20.2. The number of piperidine rings is 1. The number of hydrogen-bond acceptors (Lipinski definition) is 3. The molecule has 2 aromatic carbocycles. The standard InChI is InChI=1S/C24H26N2O3/c27-22-16-21(19-8-4-5-9-20(19)22)24(29)26-14-12-17(13-15-26)10-11-23(28)25-18-6-2-1-3-7-18/h1-9,17,21H,10-16H2,(H,25,28). The van der Waals surface area contributed by atoms with E-state index in [1.165, 1.54) is 0 Å². The van der Waals surface area contributed by atoms with Gasteiger partial charge in [-0.1, -0.05) is 42.5 Å². The van der Waals surface area contributed by atoms with Crippen LogP contribution in [0.4, 0.5) is 5.69 Å². The average Bonchev–Trinajstić information content (AvgIpc) is 3.10. The summed E-state index contributed by atoms with van der Waals surface area (Å²) in [7, 11) is 0. The van der Waals surface area contributed by atoms with Gasteiger partial charge in [0.1, 0.15) is 0 Å². The third-order valence-corrected chi connectivity index (χ3v) is 6.09. The van der Waals surface area contributed by atoms with Crippen LogP contribution in [-0.4, -0.2) is 35.6 Å². The maximum Gasteiger partial charge on any atom is 0.230 e. The lowest BCUT2D eigenvalue weighted by Gasteiger charge is -2.33. The third kappa shape index (κ3) is 4.39. The van der Waals surface area contributed by atoms with E-state index in [0.29, 0.717) is 31.0 Å². The zero-order valence-corrected chi connectivity index (χ0v) is 16.5. The van der Waals surface area contributed by atoms with Crippen molar-refractivity contribution < 1.29 is 14.4 Å². The fourth-order valence-corrected chi connectivity index (χ4v) is 4.42. The number of Topliss-reactive ketones (excluding diaryl/α,β-unsaturated/α-hetero) is 1. The van der Waals surface area contributed by atoms with E-state index < -0.39 is 0 Å². The van der Waals surface area contributed by atoms with Gasteiger partial charge in [-0.3, -0.25) is 14.4 Å². The van der Waals surface area contributed by atoms with Crippen LogP contribution in [0.5, 0.6) is 0 Å². The number of amides is 2. The minimum atomic E-state index is -0.327. The predicted octanol–water partition coefficient (Wildman–Crippen LogP) is 4.01. The molecule has 0 bridgehead atoms. The van der Waals surface area contributed by atoms with Crippen molar-refractivity contribution in [3.8, 4) is 0 Å². The Morgan fingerprint density at radius 3 is 2.41 bits per heavy atom. The second-order valence-electron chi connectivity index (χ2n) is 7.99. The number of anilines is 1. The Morgan fingerprint density at radius 2 is 1.66 bits per heavy atom. The topological polar surface area (TPSA) is 66.5 Å². The molecule has 150 valence electrons. The van der Waals surface area contributed by atoms with Crippen molar-refractivity contribution in [1.29, 1.82) is 0 Å². The van der Waals surface area contributed by atoms with Gasteiger partial charge in [0, 0.05) is 37.2 Å². The number of hydrogen-bond donors (Lipinski definition) is 1. The van der Waals surface area contributed by atoms with Crippen molar-refractivity contribution in [3.05, 3.63) is 65.7 Å². The molecule has 1 unspecified atom stereocenters. The first-order valence-electron chi connectivity index (χ1n) is 10.4. The molecule has 2 amide bonds. The Morgan fingerprint density at radius 1 is 0.966 bits per heavy atom. The van der Waals surface area contributed by atoms with E-state index in [0.717, 1.165) is 30.5 Å². The predicted molar refractivity (Wildman–Crippen MR) is 112 cm³/mol. The van der Waals surface area contributed by atoms with Crippen LogP contribution < -0.4 is 5.32 Å². The van der Waals surface area contributed by atoms with Gasteiger partial charge >= 0.3 is 0 Å². The Balaban J connectivity index is 1.25. The molecule has 1 aliphatic carbocycles. The number of carbonyl (C=O) groups excluding carboxylic acids is 3. The van der Waals surface area contributed by atoms with Crippen LogP contribution in [0.2, 0.25) is 0 Å². The van der Waals surface area contributed by atoms with Crippen LogP contribution in [0, 0.1) is 5.92 Å². The maximum absolute atomic E-state index is 13.0. The molecule has 0 saturated carbocycles. The average molecular weight is 390 g/mol. The first kappa shape index (κ1) is 19.4. The Bertz CT molecular complexity index is 901. The molecular formula is C24H26N2O3. The number of benzene rings is 2. The van der Waals surface area contributed by atoms with E-state index in [-0.39, 0.29) is 29.9 Å². The van der Waals surface area contributed by atoms with E-state index in [2.05, 4.69) is 5.32 Å². The maximum atomic E-state index is 13.0. The van der Waals surface area contributed by atoms with Crippen molar-refractivity contribution >= 4 is 23.3 Å². The van der Waals surface area contributed by atoms with E-state index in [1.54, 1.807) is 0 Å². The number of ketones is 1. The molecule has 1 fully saturated rings. The minimum Gasteiger partial charge on any atom is -0.342 e. The van der Waals surface area contributed by atoms with Gasteiger partial charge in [-0.05, 0) is 42.9 Å². The largest absolute Gasteiger partial charge is 0.342 e. The third-order valence-electron chi connectivity index (χ3n) is 6.09. The second kappa shape index (κ2) is 8.60. The summed E-state index contributed by atoms with van der Waals surface area (Å²) in [5, 5.41) is 2.92. The summed E-state index contributed by atoms with van der Waals surface area (Å²) in [5.74, 6) is 0.308. The van der Waals surface area contributed by atoms with Crippen LogP contribution in [0.15, 0.2) is 54.6 Å². The summed E-state index contributed by atoms with van der Waals surface area (Å²) in [6, 6.07) is 17.0. The number of fused-ring (bicyclic) bond motifs is 1.